The second-order valence-corrected chi connectivity index (χ2v) is 11.2. The van der Waals surface area contributed by atoms with Crippen LogP contribution in [0.2, 0.25) is 0 Å². The standard InChI is InChI=1S/C41H24N6/c42-25-27-9-19-39-34(22-27)35-23-28(26-43)10-20-40(35)47(39)33-17-15-31(16-18-33)38-24-37(45-41(46-38)32-6-2-1-3-7-32)30-13-11-29(12-14-30)36-8-4-5-21-44-36/h1-24H. The molecule has 0 saturated carbocycles. The van der Waals surface area contributed by atoms with E-state index in [1.54, 1.807) is 6.20 Å². The van der Waals surface area contributed by atoms with Gasteiger partial charge in [-0.05, 0) is 66.7 Å². The van der Waals surface area contributed by atoms with Crippen LogP contribution in [0.5, 0.6) is 0 Å². The molecule has 0 saturated heterocycles. The molecule has 0 spiro atoms. The van der Waals surface area contributed by atoms with Gasteiger partial charge in [-0.15, -0.1) is 0 Å². The van der Waals surface area contributed by atoms with Crippen LogP contribution < -0.4 is 0 Å². The van der Waals surface area contributed by atoms with Gasteiger partial charge in [-0.2, -0.15) is 10.5 Å². The van der Waals surface area contributed by atoms with E-state index < -0.39 is 0 Å². The minimum Gasteiger partial charge on any atom is -0.309 e. The fourth-order valence-corrected chi connectivity index (χ4v) is 6.03. The second-order valence-electron chi connectivity index (χ2n) is 11.2. The molecule has 47 heavy (non-hydrogen) atoms. The molecule has 0 N–H and O–H groups in total. The van der Waals surface area contributed by atoms with E-state index in [9.17, 15) is 10.5 Å². The Morgan fingerprint density at radius 2 is 1.00 bits per heavy atom. The summed E-state index contributed by atoms with van der Waals surface area (Å²) in [6.07, 6.45) is 1.80. The van der Waals surface area contributed by atoms with Crippen LogP contribution in [0.15, 0.2) is 146 Å². The Balaban J connectivity index is 1.23. The summed E-state index contributed by atoms with van der Waals surface area (Å²) in [5.41, 5.74) is 10.5. The van der Waals surface area contributed by atoms with Crippen molar-refractivity contribution in [2.45, 2.75) is 0 Å². The van der Waals surface area contributed by atoms with Crippen LogP contribution in [-0.2, 0) is 0 Å². The Hall–Kier alpha value is -6.89. The molecule has 0 atom stereocenters. The first-order valence-electron chi connectivity index (χ1n) is 15.1. The van der Waals surface area contributed by atoms with Crippen molar-refractivity contribution in [3.63, 3.8) is 0 Å². The highest BCUT2D eigenvalue weighted by Gasteiger charge is 2.15. The molecule has 5 aromatic carbocycles. The van der Waals surface area contributed by atoms with Gasteiger partial charge in [-0.25, -0.2) is 9.97 Å². The first kappa shape index (κ1) is 27.6. The molecule has 0 amide bonds. The van der Waals surface area contributed by atoms with Crippen molar-refractivity contribution in [3.8, 4) is 63.0 Å². The molecule has 3 heterocycles. The van der Waals surface area contributed by atoms with Gasteiger partial charge >= 0.3 is 0 Å². The smallest absolute Gasteiger partial charge is 0.160 e. The van der Waals surface area contributed by atoms with Crippen LogP contribution >= 0.6 is 0 Å². The highest BCUT2D eigenvalue weighted by Crippen LogP contribution is 2.35. The minimum atomic E-state index is 0.578. The summed E-state index contributed by atoms with van der Waals surface area (Å²) < 4.78 is 2.17. The molecular weight excluding hydrogens is 576 g/mol. The zero-order chi connectivity index (χ0) is 31.7. The summed E-state index contributed by atoms with van der Waals surface area (Å²) in [6.45, 7) is 0. The second kappa shape index (κ2) is 11.6. The van der Waals surface area contributed by atoms with Crippen LogP contribution in [-0.4, -0.2) is 19.5 Å². The molecule has 0 fully saturated rings. The van der Waals surface area contributed by atoms with Crippen molar-refractivity contribution in [3.05, 3.63) is 157 Å². The Labute approximate surface area is 271 Å². The van der Waals surface area contributed by atoms with Crippen LogP contribution in [0.4, 0.5) is 0 Å². The van der Waals surface area contributed by atoms with E-state index >= 15 is 0 Å². The molecule has 0 radical (unpaired) electrons. The molecule has 0 aliphatic rings. The summed E-state index contributed by atoms with van der Waals surface area (Å²) in [6, 6.07) is 50.4. The summed E-state index contributed by atoms with van der Waals surface area (Å²) in [5.74, 6) is 0.653. The first-order valence-corrected chi connectivity index (χ1v) is 15.1. The highest BCUT2D eigenvalue weighted by molar-refractivity contribution is 6.10. The summed E-state index contributed by atoms with van der Waals surface area (Å²) in [4.78, 5) is 14.5. The van der Waals surface area contributed by atoms with E-state index in [1.165, 1.54) is 0 Å². The fourth-order valence-electron chi connectivity index (χ4n) is 6.03. The van der Waals surface area contributed by atoms with Gasteiger partial charge in [0, 0.05) is 44.9 Å². The van der Waals surface area contributed by atoms with Crippen molar-refractivity contribution in [1.29, 1.82) is 10.5 Å². The van der Waals surface area contributed by atoms with E-state index in [0.717, 1.165) is 66.8 Å². The van der Waals surface area contributed by atoms with Gasteiger partial charge in [0.05, 0.1) is 51.4 Å². The average molecular weight is 601 g/mol. The lowest BCUT2D eigenvalue weighted by molar-refractivity contribution is 1.17. The number of nitrogens with zero attached hydrogens (tertiary/aromatic N) is 6. The van der Waals surface area contributed by atoms with Crippen LogP contribution in [0, 0.1) is 22.7 Å². The largest absolute Gasteiger partial charge is 0.309 e. The molecule has 0 bridgehead atoms. The molecule has 3 aromatic heterocycles. The third-order valence-corrected chi connectivity index (χ3v) is 8.34. The predicted octanol–water partition coefficient (Wildman–Crippen LogP) is 9.38. The predicted molar refractivity (Wildman–Crippen MR) is 185 cm³/mol. The van der Waals surface area contributed by atoms with Crippen LogP contribution in [0.3, 0.4) is 0 Å². The fraction of sp³-hybridized carbons (Fsp3) is 0. The maximum absolute atomic E-state index is 9.55. The Morgan fingerprint density at radius 3 is 1.53 bits per heavy atom. The van der Waals surface area contributed by atoms with Crippen molar-refractivity contribution in [1.82, 2.24) is 19.5 Å². The summed E-state index contributed by atoms with van der Waals surface area (Å²) in [5, 5.41) is 21.0. The van der Waals surface area contributed by atoms with Crippen molar-refractivity contribution in [2.24, 2.45) is 0 Å². The maximum atomic E-state index is 9.55. The van der Waals surface area contributed by atoms with Gasteiger partial charge in [0.1, 0.15) is 0 Å². The number of fused-ring (bicyclic) bond motifs is 3. The van der Waals surface area contributed by atoms with Gasteiger partial charge in [-0.3, -0.25) is 4.98 Å². The van der Waals surface area contributed by atoms with Gasteiger partial charge < -0.3 is 4.57 Å². The van der Waals surface area contributed by atoms with Crippen molar-refractivity contribution >= 4 is 21.8 Å². The van der Waals surface area contributed by atoms with Crippen LogP contribution in [0.25, 0.3) is 72.7 Å². The van der Waals surface area contributed by atoms with Gasteiger partial charge in [0.25, 0.3) is 0 Å². The number of hydrogen-bond acceptors (Lipinski definition) is 5. The zero-order valence-corrected chi connectivity index (χ0v) is 25.0. The van der Waals surface area contributed by atoms with E-state index in [1.807, 2.05) is 91.0 Å². The van der Waals surface area contributed by atoms with E-state index in [0.29, 0.717) is 17.0 Å². The average Bonchev–Trinajstić information content (AvgIpc) is 3.48. The minimum absolute atomic E-state index is 0.578. The number of nitriles is 2. The Bertz CT molecular complexity index is 2430. The SMILES string of the molecule is N#Cc1ccc2c(c1)c1cc(C#N)ccc1n2-c1ccc(-c2cc(-c3ccc(-c4ccccn4)cc3)nc(-c3ccccc3)n2)cc1. The van der Waals surface area contributed by atoms with Gasteiger partial charge in [0.15, 0.2) is 5.82 Å². The van der Waals surface area contributed by atoms with Gasteiger partial charge in [0.2, 0.25) is 0 Å². The van der Waals surface area contributed by atoms with E-state index in [2.05, 4.69) is 70.2 Å². The zero-order valence-electron chi connectivity index (χ0n) is 25.0. The molecule has 8 rings (SSSR count). The van der Waals surface area contributed by atoms with Crippen molar-refractivity contribution in [2.75, 3.05) is 0 Å². The Morgan fingerprint density at radius 1 is 0.468 bits per heavy atom. The first-order chi connectivity index (χ1) is 23.2. The number of hydrogen-bond donors (Lipinski definition) is 0. The lowest BCUT2D eigenvalue weighted by Gasteiger charge is -2.12. The van der Waals surface area contributed by atoms with Crippen LogP contribution in [0.1, 0.15) is 11.1 Å². The molecule has 0 unspecified atom stereocenters. The number of aromatic nitrogens is 4. The molecule has 0 aliphatic carbocycles. The topological polar surface area (TPSA) is 91.2 Å². The third kappa shape index (κ3) is 5.07. The molecule has 8 aromatic rings. The Kier molecular flexibility index (Phi) is 6.80. The summed E-state index contributed by atoms with van der Waals surface area (Å²) in [7, 11) is 0. The monoisotopic (exact) mass is 600 g/mol. The number of rotatable bonds is 5. The third-order valence-electron chi connectivity index (χ3n) is 8.34. The molecule has 0 aliphatic heterocycles. The molecular formula is C41H24N6. The maximum Gasteiger partial charge on any atom is 0.160 e. The quantitative estimate of drug-likeness (QED) is 0.196. The number of pyridine rings is 1. The summed E-state index contributed by atoms with van der Waals surface area (Å²) >= 11 is 0. The van der Waals surface area contributed by atoms with Gasteiger partial charge in [-0.1, -0.05) is 72.8 Å². The lowest BCUT2D eigenvalue weighted by atomic mass is 10.0. The molecule has 6 heteroatoms. The molecule has 6 nitrogen and oxygen atoms in total. The normalized spacial score (nSPS) is 10.9. The van der Waals surface area contributed by atoms with E-state index in [-0.39, 0.29) is 0 Å². The van der Waals surface area contributed by atoms with E-state index in [4.69, 9.17) is 9.97 Å². The molecule has 218 valence electrons. The lowest BCUT2D eigenvalue weighted by Crippen LogP contribution is -1.97. The number of benzene rings is 5. The highest BCUT2D eigenvalue weighted by atomic mass is 15.0. The van der Waals surface area contributed by atoms with Crippen molar-refractivity contribution < 1.29 is 0 Å².